The van der Waals surface area contributed by atoms with Gasteiger partial charge >= 0.3 is 5.97 Å². The van der Waals surface area contributed by atoms with Gasteiger partial charge in [0, 0.05) is 12.1 Å². The van der Waals surface area contributed by atoms with Crippen LogP contribution in [0.25, 0.3) is 11.1 Å². The largest absolute Gasteiger partial charge is 0.478 e. The highest BCUT2D eigenvalue weighted by atomic mass is 35.5. The molecule has 0 amide bonds. The Labute approximate surface area is 216 Å². The van der Waals surface area contributed by atoms with Crippen LogP contribution in [0.2, 0.25) is 5.02 Å². The molecular weight excluding hydrogens is 481 g/mol. The molecule has 0 saturated heterocycles. The first kappa shape index (κ1) is 27.8. The van der Waals surface area contributed by atoms with E-state index in [4.69, 9.17) is 16.3 Å². The van der Waals surface area contributed by atoms with Gasteiger partial charge in [-0.15, -0.1) is 0 Å². The van der Waals surface area contributed by atoms with Crippen LogP contribution >= 0.6 is 11.6 Å². The van der Waals surface area contributed by atoms with E-state index in [9.17, 15) is 19.4 Å². The van der Waals surface area contributed by atoms with E-state index in [2.05, 4.69) is 5.32 Å². The third-order valence-electron chi connectivity index (χ3n) is 6.22. The van der Waals surface area contributed by atoms with Crippen molar-refractivity contribution in [3.63, 3.8) is 0 Å². The molecule has 0 spiro atoms. The van der Waals surface area contributed by atoms with Gasteiger partial charge in [-0.25, -0.2) is 9.18 Å². The number of halogens is 2. The second-order valence-electron chi connectivity index (χ2n) is 9.69. The van der Waals surface area contributed by atoms with Gasteiger partial charge < -0.3 is 20.3 Å². The number of aliphatic hydroxyl groups excluding tert-OH is 1. The summed E-state index contributed by atoms with van der Waals surface area (Å²) >= 11 is 5.77. The van der Waals surface area contributed by atoms with E-state index in [1.165, 1.54) is 12.1 Å². The molecule has 192 valence electrons. The third kappa shape index (κ3) is 7.14. The van der Waals surface area contributed by atoms with E-state index in [-0.39, 0.29) is 23.7 Å². The van der Waals surface area contributed by atoms with Crippen molar-refractivity contribution < 1.29 is 24.1 Å². The number of carbonyl (C=O) groups is 1. The lowest BCUT2D eigenvalue weighted by molar-refractivity contribution is -0.00423. The Morgan fingerprint density at radius 2 is 1.83 bits per heavy atom. The van der Waals surface area contributed by atoms with Crippen molar-refractivity contribution in [2.75, 3.05) is 13.2 Å². The molecule has 3 N–H and O–H groups in total. The van der Waals surface area contributed by atoms with Gasteiger partial charge in [0.05, 0.1) is 29.4 Å². The number of aromatic carboxylic acids is 1. The predicted octanol–water partition coefficient (Wildman–Crippen LogP) is 6.20. The fourth-order valence-corrected chi connectivity index (χ4v) is 4.49. The molecule has 0 saturated carbocycles. The highest BCUT2D eigenvalue weighted by Crippen LogP contribution is 2.34. The van der Waals surface area contributed by atoms with Crippen molar-refractivity contribution in [3.8, 4) is 11.1 Å². The molecule has 1 unspecified atom stereocenters. The number of carboxylic acid groups (broad SMARTS) is 1. The molecule has 5 nitrogen and oxygen atoms in total. The second kappa shape index (κ2) is 12.0. The van der Waals surface area contributed by atoms with Crippen molar-refractivity contribution in [1.29, 1.82) is 0 Å². The zero-order valence-electron chi connectivity index (χ0n) is 21.0. The summed E-state index contributed by atoms with van der Waals surface area (Å²) in [5.74, 6) is -1.45. The molecule has 0 heterocycles. The van der Waals surface area contributed by atoms with Crippen LogP contribution in [0.5, 0.6) is 0 Å². The van der Waals surface area contributed by atoms with E-state index in [1.54, 1.807) is 25.1 Å². The molecule has 0 aliphatic heterocycles. The van der Waals surface area contributed by atoms with Crippen LogP contribution in [0, 0.1) is 12.7 Å². The van der Waals surface area contributed by atoms with Crippen molar-refractivity contribution >= 4 is 17.6 Å². The monoisotopic (exact) mass is 513 g/mol. The lowest BCUT2D eigenvalue weighted by Gasteiger charge is -2.29. The van der Waals surface area contributed by atoms with Gasteiger partial charge in [-0.2, -0.15) is 0 Å². The average Bonchev–Trinajstić information content (AvgIpc) is 2.83. The lowest BCUT2D eigenvalue weighted by atomic mass is 9.90. The van der Waals surface area contributed by atoms with Crippen molar-refractivity contribution in [2.24, 2.45) is 0 Å². The second-order valence-corrected chi connectivity index (χ2v) is 10.1. The van der Waals surface area contributed by atoms with Gasteiger partial charge in [0.15, 0.2) is 0 Å². The summed E-state index contributed by atoms with van der Waals surface area (Å²) in [4.78, 5) is 11.7. The van der Waals surface area contributed by atoms with Crippen LogP contribution < -0.4 is 5.32 Å². The minimum atomic E-state index is -0.993. The topological polar surface area (TPSA) is 78.8 Å². The zero-order chi connectivity index (χ0) is 26.5. The Morgan fingerprint density at radius 3 is 2.47 bits per heavy atom. The standard InChI is InChI=1S/C29H33ClFNO4/c1-18-23(28(34)35)11-12-24(21-8-6-5-7-9-21)27(18)19(2)36-17-22(33)16-32-29(3,4)15-20-10-13-25(30)26(31)14-20/h5-14,19,22,32-33H,15-17H2,1-4H3,(H,34,35)/t19?,22-/m1/s1. The fraction of sp³-hybridized carbons (Fsp3) is 0.345. The molecule has 3 rings (SSSR count). The maximum atomic E-state index is 13.8. The number of hydrogen-bond acceptors (Lipinski definition) is 4. The highest BCUT2D eigenvalue weighted by Gasteiger charge is 2.23. The molecule has 3 aromatic carbocycles. The first-order valence-electron chi connectivity index (χ1n) is 11.9. The fourth-order valence-electron chi connectivity index (χ4n) is 4.37. The maximum Gasteiger partial charge on any atom is 0.335 e. The van der Waals surface area contributed by atoms with E-state index in [1.807, 2.05) is 51.1 Å². The Hall–Kier alpha value is -2.77. The lowest BCUT2D eigenvalue weighted by Crippen LogP contribution is -2.46. The Morgan fingerprint density at radius 1 is 1.14 bits per heavy atom. The van der Waals surface area contributed by atoms with Gasteiger partial charge in [-0.3, -0.25) is 0 Å². The van der Waals surface area contributed by atoms with Gasteiger partial charge in [0.1, 0.15) is 5.82 Å². The highest BCUT2D eigenvalue weighted by molar-refractivity contribution is 6.30. The molecular formula is C29H33ClFNO4. The van der Waals surface area contributed by atoms with E-state index in [0.29, 0.717) is 12.0 Å². The summed E-state index contributed by atoms with van der Waals surface area (Å²) < 4.78 is 19.8. The van der Waals surface area contributed by atoms with Gasteiger partial charge in [-0.05, 0) is 80.1 Å². The number of β-amino-alcohol motifs (C(OH)–C–C–N with tert-alkyl or cyclic N) is 1. The first-order chi connectivity index (χ1) is 17.0. The van der Waals surface area contributed by atoms with Gasteiger partial charge in [0.2, 0.25) is 0 Å². The van der Waals surface area contributed by atoms with Crippen LogP contribution in [-0.4, -0.2) is 41.0 Å². The van der Waals surface area contributed by atoms with Crippen LogP contribution in [0.4, 0.5) is 4.39 Å². The summed E-state index contributed by atoms with van der Waals surface area (Å²) in [5, 5.41) is 23.6. The average molecular weight is 514 g/mol. The predicted molar refractivity (Wildman–Crippen MR) is 141 cm³/mol. The number of benzene rings is 3. The quantitative estimate of drug-likeness (QED) is 0.284. The van der Waals surface area contributed by atoms with Crippen LogP contribution in [0.15, 0.2) is 60.7 Å². The van der Waals surface area contributed by atoms with Crippen LogP contribution in [0.3, 0.4) is 0 Å². The van der Waals surface area contributed by atoms with Crippen molar-refractivity contribution in [3.05, 3.63) is 93.8 Å². The molecule has 0 aliphatic rings. The Bertz CT molecular complexity index is 1200. The zero-order valence-corrected chi connectivity index (χ0v) is 21.8. The minimum absolute atomic E-state index is 0.0603. The summed E-state index contributed by atoms with van der Waals surface area (Å²) in [6.45, 7) is 7.93. The first-order valence-corrected chi connectivity index (χ1v) is 12.3. The van der Waals surface area contributed by atoms with Gasteiger partial charge in [-0.1, -0.05) is 54.1 Å². The minimum Gasteiger partial charge on any atom is -0.478 e. The molecule has 0 radical (unpaired) electrons. The molecule has 0 aromatic heterocycles. The molecule has 3 aromatic rings. The number of carboxylic acids is 1. The third-order valence-corrected chi connectivity index (χ3v) is 6.53. The molecule has 0 fully saturated rings. The molecule has 0 aliphatic carbocycles. The smallest absolute Gasteiger partial charge is 0.335 e. The SMILES string of the molecule is Cc1c(C(=O)O)ccc(-c2ccccc2)c1C(C)OC[C@H](O)CNC(C)(C)Cc1ccc(Cl)c(F)c1. The molecule has 2 atom stereocenters. The summed E-state index contributed by atoms with van der Waals surface area (Å²) in [5.41, 5.74) is 3.91. The number of nitrogens with one attached hydrogen (secondary N) is 1. The van der Waals surface area contributed by atoms with E-state index >= 15 is 0 Å². The summed E-state index contributed by atoms with van der Waals surface area (Å²) in [6, 6.07) is 17.9. The van der Waals surface area contributed by atoms with Crippen LogP contribution in [0.1, 0.15) is 53.9 Å². The number of ether oxygens (including phenoxy) is 1. The van der Waals surface area contributed by atoms with Crippen molar-refractivity contribution in [1.82, 2.24) is 5.32 Å². The summed E-state index contributed by atoms with van der Waals surface area (Å²) in [6.07, 6.45) is -0.691. The van der Waals surface area contributed by atoms with Crippen LogP contribution in [-0.2, 0) is 11.2 Å². The van der Waals surface area contributed by atoms with E-state index in [0.717, 1.165) is 22.3 Å². The maximum absolute atomic E-state index is 13.8. The summed E-state index contributed by atoms with van der Waals surface area (Å²) in [7, 11) is 0. The number of hydrogen-bond donors (Lipinski definition) is 3. The van der Waals surface area contributed by atoms with Gasteiger partial charge in [0.25, 0.3) is 0 Å². The molecule has 36 heavy (non-hydrogen) atoms. The Balaban J connectivity index is 1.66. The Kier molecular flexibility index (Phi) is 9.25. The molecule has 0 bridgehead atoms. The number of rotatable bonds is 11. The van der Waals surface area contributed by atoms with Crippen molar-refractivity contribution in [2.45, 2.75) is 51.9 Å². The van der Waals surface area contributed by atoms with E-state index < -0.39 is 29.5 Å². The molecule has 7 heteroatoms. The number of aliphatic hydroxyl groups is 1. The normalized spacial score (nSPS) is 13.4.